The number of carbonyl (C=O) groups is 1. The number of aliphatic hydroxyl groups excluding tert-OH is 1. The first-order chi connectivity index (χ1) is 20.3. The van der Waals surface area contributed by atoms with Crippen molar-refractivity contribution in [2.45, 2.75) is 38.5 Å². The summed E-state index contributed by atoms with van der Waals surface area (Å²) >= 11 is 0. The summed E-state index contributed by atoms with van der Waals surface area (Å²) in [6, 6.07) is 21.9. The number of nitrogens with one attached hydrogen (secondary N) is 1. The van der Waals surface area contributed by atoms with E-state index >= 15 is 0 Å². The highest BCUT2D eigenvalue weighted by Crippen LogP contribution is 2.54. The smallest absolute Gasteiger partial charge is 0.257 e. The molecule has 4 N–H and O–H groups in total. The van der Waals surface area contributed by atoms with E-state index in [9.17, 15) is 18.7 Å². The molecule has 0 aromatic heterocycles. The molecule has 0 saturated heterocycles. The fourth-order valence-electron chi connectivity index (χ4n) is 5.41. The Kier molecular flexibility index (Phi) is 7.55. The van der Waals surface area contributed by atoms with Crippen LogP contribution >= 0.6 is 0 Å². The quantitative estimate of drug-likeness (QED) is 0.140. The van der Waals surface area contributed by atoms with Crippen LogP contribution in [0, 0.1) is 11.6 Å². The molecule has 0 aliphatic carbocycles. The van der Waals surface area contributed by atoms with Crippen molar-refractivity contribution in [3.63, 3.8) is 0 Å². The number of ether oxygens (including phenoxy) is 2. The average Bonchev–Trinajstić information content (AvgIpc) is 3.56. The molecule has 2 heterocycles. The number of carbonyl (C=O) groups excluding carboxylic acids is 1. The van der Waals surface area contributed by atoms with Crippen molar-refractivity contribution in [2.75, 3.05) is 6.61 Å². The fraction of sp³-hybridized carbons (Fsp3) is 0.212. The monoisotopic (exact) mass is 569 g/mol. The maximum Gasteiger partial charge on any atom is 0.257 e. The highest BCUT2D eigenvalue weighted by molar-refractivity contribution is 5.97. The summed E-state index contributed by atoms with van der Waals surface area (Å²) in [5.74, 6) is -1.33. The minimum atomic E-state index is -1.31. The summed E-state index contributed by atoms with van der Waals surface area (Å²) in [4.78, 5) is 17.0. The van der Waals surface area contributed by atoms with E-state index in [1.807, 2.05) is 49.4 Å². The standard InChI is InChI=1S/C33H29F2N3O4/c1-2-13-41-33(40)38-31(36)19-5-3-18(4-6-19)17-37-32(39)21-8-11-25-27(15-21)30-26-14-20(7-10-24(26)29(25)42-30)23-12-9-22(34)16-28(23)35/h3-12,14-16,29-30,33,40H,2,13,17H2,1H3,(H2,36,38)(H,37,39)/t29-,30+,33?/m0/s1. The molecule has 0 saturated carbocycles. The predicted molar refractivity (Wildman–Crippen MR) is 154 cm³/mol. The van der Waals surface area contributed by atoms with Crippen LogP contribution in [0.1, 0.15) is 69.3 Å². The van der Waals surface area contributed by atoms with Crippen molar-refractivity contribution >= 4 is 11.7 Å². The largest absolute Gasteiger partial charge is 0.383 e. The van der Waals surface area contributed by atoms with E-state index < -0.39 is 18.0 Å². The molecule has 0 fully saturated rings. The van der Waals surface area contributed by atoms with Crippen LogP contribution in [0.3, 0.4) is 0 Å². The molecular formula is C33H29F2N3O4. The predicted octanol–water partition coefficient (Wildman–Crippen LogP) is 5.49. The van der Waals surface area contributed by atoms with E-state index in [1.165, 1.54) is 12.1 Å². The molecule has 1 amide bonds. The van der Waals surface area contributed by atoms with Crippen molar-refractivity contribution in [3.05, 3.63) is 129 Å². The van der Waals surface area contributed by atoms with E-state index in [-0.39, 0.29) is 24.0 Å². The second kappa shape index (κ2) is 11.4. The summed E-state index contributed by atoms with van der Waals surface area (Å²) in [6.07, 6.45) is -1.19. The third-order valence-corrected chi connectivity index (χ3v) is 7.50. The lowest BCUT2D eigenvalue weighted by atomic mass is 9.83. The van der Waals surface area contributed by atoms with Crippen molar-refractivity contribution < 1.29 is 28.2 Å². The van der Waals surface area contributed by atoms with Crippen LogP contribution in [-0.2, 0) is 16.0 Å². The summed E-state index contributed by atoms with van der Waals surface area (Å²) in [7, 11) is 0. The van der Waals surface area contributed by atoms with Crippen LogP contribution in [0.5, 0.6) is 0 Å². The van der Waals surface area contributed by atoms with Crippen molar-refractivity contribution in [1.29, 1.82) is 0 Å². The number of benzene rings is 4. The SMILES string of the molecule is CCCOC(O)N=C(N)c1ccc(CNC(=O)c2ccc3c(c2)[C@@H]2O[C@H]3c3ccc(-c4ccc(F)cc4F)cc32)cc1. The second-order valence-electron chi connectivity index (χ2n) is 10.3. The van der Waals surface area contributed by atoms with Crippen LogP contribution in [0.4, 0.5) is 8.78 Å². The Hall–Kier alpha value is -4.44. The van der Waals surface area contributed by atoms with Gasteiger partial charge >= 0.3 is 0 Å². The van der Waals surface area contributed by atoms with Crippen LogP contribution in [0.25, 0.3) is 11.1 Å². The summed E-state index contributed by atoms with van der Waals surface area (Å²) in [6.45, 7) is 2.60. The van der Waals surface area contributed by atoms with Crippen molar-refractivity contribution in [2.24, 2.45) is 10.7 Å². The van der Waals surface area contributed by atoms with Gasteiger partial charge in [0, 0.05) is 29.3 Å². The zero-order chi connectivity index (χ0) is 29.4. The minimum Gasteiger partial charge on any atom is -0.383 e. The first-order valence-corrected chi connectivity index (χ1v) is 13.7. The molecule has 1 unspecified atom stereocenters. The zero-order valence-electron chi connectivity index (χ0n) is 22.8. The number of amidine groups is 1. The normalized spacial score (nSPS) is 17.6. The lowest BCUT2D eigenvalue weighted by Gasteiger charge is -2.18. The molecule has 6 rings (SSSR count). The number of hydrogen-bond donors (Lipinski definition) is 3. The molecule has 0 spiro atoms. The minimum absolute atomic E-state index is 0.153. The van der Waals surface area contributed by atoms with Gasteiger partial charge in [0.15, 0.2) is 0 Å². The molecule has 2 bridgehead atoms. The summed E-state index contributed by atoms with van der Waals surface area (Å²) in [5.41, 5.74) is 12.7. The zero-order valence-corrected chi connectivity index (χ0v) is 22.8. The van der Waals surface area contributed by atoms with Crippen molar-refractivity contribution in [1.82, 2.24) is 5.32 Å². The number of halogens is 2. The van der Waals surface area contributed by atoms with Crippen LogP contribution in [-0.4, -0.2) is 29.9 Å². The van der Waals surface area contributed by atoms with Crippen LogP contribution in [0.2, 0.25) is 0 Å². The first kappa shape index (κ1) is 27.7. The molecule has 2 aliphatic heterocycles. The molecule has 2 aliphatic rings. The first-order valence-electron chi connectivity index (χ1n) is 13.7. The van der Waals surface area contributed by atoms with E-state index in [0.29, 0.717) is 35.4 Å². The topological polar surface area (TPSA) is 106 Å². The van der Waals surface area contributed by atoms with Gasteiger partial charge in [-0.3, -0.25) is 4.79 Å². The summed E-state index contributed by atoms with van der Waals surface area (Å²) < 4.78 is 39.3. The Morgan fingerprint density at radius 2 is 1.64 bits per heavy atom. The van der Waals surface area contributed by atoms with Gasteiger partial charge in [-0.25, -0.2) is 13.8 Å². The highest BCUT2D eigenvalue weighted by Gasteiger charge is 2.43. The lowest BCUT2D eigenvalue weighted by Crippen LogP contribution is -2.23. The fourth-order valence-corrected chi connectivity index (χ4v) is 5.41. The maximum absolute atomic E-state index is 14.4. The number of nitrogens with zero attached hydrogens (tertiary/aromatic N) is 1. The van der Waals surface area contributed by atoms with Gasteiger partial charge in [-0.15, -0.1) is 0 Å². The Labute approximate surface area is 241 Å². The molecule has 4 aromatic carbocycles. The molecule has 7 nitrogen and oxygen atoms in total. The van der Waals surface area contributed by atoms with Gasteiger partial charge in [-0.05, 0) is 70.1 Å². The Balaban J connectivity index is 1.14. The van der Waals surface area contributed by atoms with Gasteiger partial charge in [0.05, 0.1) is 6.61 Å². The third-order valence-electron chi connectivity index (χ3n) is 7.50. The van der Waals surface area contributed by atoms with Gasteiger partial charge in [-0.2, -0.15) is 0 Å². The van der Waals surface area contributed by atoms with Gasteiger partial charge in [-0.1, -0.05) is 49.4 Å². The van der Waals surface area contributed by atoms with Crippen LogP contribution in [0.15, 0.2) is 83.9 Å². The number of aliphatic hydroxyl groups is 1. The Morgan fingerprint density at radius 3 is 2.38 bits per heavy atom. The van der Waals surface area contributed by atoms with Gasteiger partial charge < -0.3 is 25.6 Å². The number of aliphatic imine (C=N–C) groups is 1. The third kappa shape index (κ3) is 5.30. The van der Waals surface area contributed by atoms with Gasteiger partial charge in [0.25, 0.3) is 12.3 Å². The van der Waals surface area contributed by atoms with Crippen LogP contribution < -0.4 is 11.1 Å². The molecule has 9 heteroatoms. The molecule has 214 valence electrons. The number of rotatable bonds is 9. The molecule has 0 radical (unpaired) electrons. The molecular weight excluding hydrogens is 540 g/mol. The maximum atomic E-state index is 14.4. The van der Waals surface area contributed by atoms with E-state index in [1.54, 1.807) is 18.2 Å². The van der Waals surface area contributed by atoms with E-state index in [4.69, 9.17) is 15.2 Å². The second-order valence-corrected chi connectivity index (χ2v) is 10.3. The Morgan fingerprint density at radius 1 is 0.952 bits per heavy atom. The van der Waals surface area contributed by atoms with Gasteiger partial charge in [0.1, 0.15) is 29.7 Å². The number of nitrogens with two attached hydrogens (primary N) is 1. The van der Waals surface area contributed by atoms with E-state index in [0.717, 1.165) is 40.3 Å². The van der Waals surface area contributed by atoms with Gasteiger partial charge in [0.2, 0.25) is 0 Å². The number of amides is 1. The van der Waals surface area contributed by atoms with Crippen molar-refractivity contribution in [3.8, 4) is 11.1 Å². The molecule has 42 heavy (non-hydrogen) atoms. The highest BCUT2D eigenvalue weighted by atomic mass is 19.1. The molecule has 4 aromatic rings. The number of hydrogen-bond acceptors (Lipinski definition) is 5. The Bertz CT molecular complexity index is 1690. The number of fused-ring (bicyclic) bond motifs is 8. The average molecular weight is 570 g/mol. The summed E-state index contributed by atoms with van der Waals surface area (Å²) in [5, 5.41) is 12.7. The lowest BCUT2D eigenvalue weighted by molar-refractivity contribution is -0.0914. The molecule has 3 atom stereocenters. The van der Waals surface area contributed by atoms with E-state index in [2.05, 4.69) is 10.3 Å².